The van der Waals surface area contributed by atoms with Crippen molar-refractivity contribution in [2.24, 2.45) is 5.92 Å². The molecule has 3 aliphatic rings. The van der Waals surface area contributed by atoms with Crippen LogP contribution in [0.15, 0.2) is 18.3 Å². The Morgan fingerprint density at radius 3 is 2.97 bits per heavy atom. The van der Waals surface area contributed by atoms with E-state index >= 15 is 0 Å². The number of piperidine rings is 1. The molecule has 3 aliphatic heterocycles. The number of carbonyl (C=O) groups is 3. The van der Waals surface area contributed by atoms with Gasteiger partial charge in [0, 0.05) is 45.3 Å². The van der Waals surface area contributed by atoms with E-state index in [0.29, 0.717) is 43.9 Å². The summed E-state index contributed by atoms with van der Waals surface area (Å²) < 4.78 is 0. The average molecular weight is 415 g/mol. The molecule has 0 radical (unpaired) electrons. The summed E-state index contributed by atoms with van der Waals surface area (Å²) in [5.74, 6) is 0.253. The smallest absolute Gasteiger partial charge is 0.256 e. The van der Waals surface area contributed by atoms with Crippen LogP contribution < -0.4 is 10.6 Å². The van der Waals surface area contributed by atoms with E-state index in [0.717, 1.165) is 12.8 Å². The molecule has 4 heterocycles. The molecule has 2 fully saturated rings. The van der Waals surface area contributed by atoms with Gasteiger partial charge in [0.05, 0.1) is 5.56 Å². The average Bonchev–Trinajstić information content (AvgIpc) is 2.92. The molecular weight excluding hydrogens is 386 g/mol. The van der Waals surface area contributed by atoms with E-state index in [1.807, 2.05) is 0 Å². The third-order valence-corrected chi connectivity index (χ3v) is 6.54. The highest BCUT2D eigenvalue weighted by Gasteiger charge is 2.42. The fourth-order valence-corrected chi connectivity index (χ4v) is 4.73. The molecule has 9 heteroatoms. The van der Waals surface area contributed by atoms with Crippen molar-refractivity contribution in [3.05, 3.63) is 23.9 Å². The Hall–Kier alpha value is -2.68. The van der Waals surface area contributed by atoms with Crippen molar-refractivity contribution in [3.63, 3.8) is 0 Å². The van der Waals surface area contributed by atoms with E-state index in [2.05, 4.69) is 15.6 Å². The number of hydrogen-bond donors (Lipinski definition) is 3. The van der Waals surface area contributed by atoms with Crippen molar-refractivity contribution in [1.29, 1.82) is 0 Å². The number of aliphatic hydroxyl groups is 1. The van der Waals surface area contributed by atoms with Gasteiger partial charge in [0.1, 0.15) is 17.5 Å². The van der Waals surface area contributed by atoms with Crippen LogP contribution in [0.25, 0.3) is 0 Å². The fraction of sp³-hybridized carbons (Fsp3) is 0.619. The first-order valence-electron chi connectivity index (χ1n) is 10.7. The van der Waals surface area contributed by atoms with Crippen LogP contribution in [0.1, 0.15) is 49.4 Å². The normalized spacial score (nSPS) is 27.7. The lowest BCUT2D eigenvalue weighted by Gasteiger charge is -2.39. The second kappa shape index (κ2) is 8.22. The minimum absolute atomic E-state index is 0.0736. The molecule has 0 aromatic carbocycles. The molecular formula is C21H29N5O4. The van der Waals surface area contributed by atoms with Gasteiger partial charge in [-0.15, -0.1) is 0 Å². The number of pyridine rings is 1. The standard InChI is InChI=1S/C21H29N5O4/c1-14(20(30)25-10-3-4-15(12-25)13-27)26-11-8-21(7-6-17(26)28)23-18-16(19(29)24-21)5-2-9-22-18/h2,5,9,14-15,27H,3-4,6-8,10-13H2,1H3,(H,22,23)(H,24,29)/t14-,15+,21+/m1/s1. The molecule has 4 rings (SSSR count). The molecule has 0 aliphatic carbocycles. The molecule has 1 aromatic heterocycles. The number of rotatable bonds is 3. The van der Waals surface area contributed by atoms with Crippen LogP contribution in [0, 0.1) is 5.92 Å². The van der Waals surface area contributed by atoms with Crippen molar-refractivity contribution in [3.8, 4) is 0 Å². The molecule has 0 unspecified atom stereocenters. The summed E-state index contributed by atoms with van der Waals surface area (Å²) in [6.07, 6.45) is 4.56. The topological polar surface area (TPSA) is 115 Å². The van der Waals surface area contributed by atoms with Crippen LogP contribution in [0.2, 0.25) is 0 Å². The fourth-order valence-electron chi connectivity index (χ4n) is 4.73. The van der Waals surface area contributed by atoms with Crippen molar-refractivity contribution in [1.82, 2.24) is 20.1 Å². The lowest BCUT2D eigenvalue weighted by atomic mass is 9.97. The van der Waals surface area contributed by atoms with Gasteiger partial charge in [-0.25, -0.2) is 4.98 Å². The molecule has 1 aromatic rings. The van der Waals surface area contributed by atoms with Crippen LogP contribution >= 0.6 is 0 Å². The minimum atomic E-state index is -0.751. The first-order valence-corrected chi connectivity index (χ1v) is 10.7. The second-order valence-corrected chi connectivity index (χ2v) is 8.55. The highest BCUT2D eigenvalue weighted by molar-refractivity contribution is 6.01. The zero-order valence-electron chi connectivity index (χ0n) is 17.3. The van der Waals surface area contributed by atoms with Crippen LogP contribution in [-0.4, -0.2) is 75.6 Å². The first-order chi connectivity index (χ1) is 14.4. The lowest BCUT2D eigenvalue weighted by Crippen LogP contribution is -2.58. The van der Waals surface area contributed by atoms with E-state index in [-0.39, 0.29) is 36.7 Å². The highest BCUT2D eigenvalue weighted by Crippen LogP contribution is 2.31. The van der Waals surface area contributed by atoms with Crippen LogP contribution in [0.5, 0.6) is 0 Å². The van der Waals surface area contributed by atoms with Crippen molar-refractivity contribution < 1.29 is 19.5 Å². The van der Waals surface area contributed by atoms with Gasteiger partial charge in [0.15, 0.2) is 0 Å². The third kappa shape index (κ3) is 3.86. The summed E-state index contributed by atoms with van der Waals surface area (Å²) in [5, 5.41) is 15.8. The molecule has 162 valence electrons. The van der Waals surface area contributed by atoms with Gasteiger partial charge in [0.2, 0.25) is 11.8 Å². The van der Waals surface area contributed by atoms with Gasteiger partial charge in [0.25, 0.3) is 5.91 Å². The Kier molecular flexibility index (Phi) is 5.64. The summed E-state index contributed by atoms with van der Waals surface area (Å²) in [4.78, 5) is 46.2. The summed E-state index contributed by atoms with van der Waals surface area (Å²) in [6, 6.07) is 2.85. The van der Waals surface area contributed by atoms with Gasteiger partial charge in [-0.05, 0) is 44.2 Å². The number of likely N-dealkylation sites (tertiary alicyclic amines) is 2. The van der Waals surface area contributed by atoms with Crippen molar-refractivity contribution >= 4 is 23.5 Å². The zero-order chi connectivity index (χ0) is 21.3. The summed E-state index contributed by atoms with van der Waals surface area (Å²) >= 11 is 0. The maximum absolute atomic E-state index is 13.1. The van der Waals surface area contributed by atoms with Crippen molar-refractivity contribution in [2.45, 2.75) is 50.7 Å². The van der Waals surface area contributed by atoms with Gasteiger partial charge in [-0.3, -0.25) is 14.4 Å². The lowest BCUT2D eigenvalue weighted by molar-refractivity contribution is -0.146. The predicted octanol–water partition coefficient (Wildman–Crippen LogP) is 0.565. The Bertz CT molecular complexity index is 846. The second-order valence-electron chi connectivity index (χ2n) is 8.55. The van der Waals surface area contributed by atoms with E-state index in [1.54, 1.807) is 35.1 Å². The Labute approximate surface area is 175 Å². The molecule has 3 amide bonds. The predicted molar refractivity (Wildman–Crippen MR) is 109 cm³/mol. The number of nitrogens with one attached hydrogen (secondary N) is 2. The Morgan fingerprint density at radius 2 is 2.17 bits per heavy atom. The maximum Gasteiger partial charge on any atom is 0.256 e. The monoisotopic (exact) mass is 415 g/mol. The molecule has 1 spiro atoms. The quantitative estimate of drug-likeness (QED) is 0.665. The molecule has 30 heavy (non-hydrogen) atoms. The van der Waals surface area contributed by atoms with E-state index in [9.17, 15) is 19.5 Å². The van der Waals surface area contributed by atoms with E-state index in [4.69, 9.17) is 0 Å². The minimum Gasteiger partial charge on any atom is -0.396 e. The Balaban J connectivity index is 1.46. The molecule has 0 bridgehead atoms. The molecule has 2 saturated heterocycles. The summed E-state index contributed by atoms with van der Waals surface area (Å²) in [6.45, 7) is 3.39. The number of aliphatic hydroxyl groups excluding tert-OH is 1. The molecule has 9 nitrogen and oxygen atoms in total. The first kappa shape index (κ1) is 20.6. The summed E-state index contributed by atoms with van der Waals surface area (Å²) in [5.41, 5.74) is -0.263. The largest absolute Gasteiger partial charge is 0.396 e. The number of nitrogens with zero attached hydrogens (tertiary/aromatic N) is 3. The maximum atomic E-state index is 13.1. The number of anilines is 1. The van der Waals surface area contributed by atoms with Gasteiger partial charge in [-0.2, -0.15) is 0 Å². The number of aromatic nitrogens is 1. The number of amides is 3. The zero-order valence-corrected chi connectivity index (χ0v) is 17.3. The molecule has 0 saturated carbocycles. The number of fused-ring (bicyclic) bond motifs is 1. The number of hydrogen-bond acceptors (Lipinski definition) is 6. The van der Waals surface area contributed by atoms with Gasteiger partial charge < -0.3 is 25.5 Å². The summed E-state index contributed by atoms with van der Waals surface area (Å²) in [7, 11) is 0. The van der Waals surface area contributed by atoms with Gasteiger partial charge in [-0.1, -0.05) is 0 Å². The van der Waals surface area contributed by atoms with Crippen LogP contribution in [0.4, 0.5) is 5.82 Å². The molecule has 3 N–H and O–H groups in total. The Morgan fingerprint density at radius 1 is 1.33 bits per heavy atom. The van der Waals surface area contributed by atoms with Crippen LogP contribution in [-0.2, 0) is 9.59 Å². The van der Waals surface area contributed by atoms with Crippen molar-refractivity contribution in [2.75, 3.05) is 31.6 Å². The SMILES string of the molecule is C[C@H](C(=O)N1CCC[C@H](CO)C1)N1CC[C@]2(CCC1=O)NC(=O)c1cccnc1N2. The van der Waals surface area contributed by atoms with E-state index in [1.165, 1.54) is 0 Å². The van der Waals surface area contributed by atoms with E-state index < -0.39 is 11.7 Å². The molecule has 3 atom stereocenters. The third-order valence-electron chi connectivity index (χ3n) is 6.54. The van der Waals surface area contributed by atoms with Crippen LogP contribution in [0.3, 0.4) is 0 Å². The van der Waals surface area contributed by atoms with Gasteiger partial charge >= 0.3 is 0 Å². The number of carbonyl (C=O) groups excluding carboxylic acids is 3. The highest BCUT2D eigenvalue weighted by atomic mass is 16.3.